The van der Waals surface area contributed by atoms with Gasteiger partial charge in [-0.15, -0.1) is 0 Å². The second-order valence-corrected chi connectivity index (χ2v) is 7.86. The van der Waals surface area contributed by atoms with Crippen molar-refractivity contribution in [1.82, 2.24) is 19.6 Å². The second kappa shape index (κ2) is 8.90. The number of hydrogen-bond acceptors (Lipinski definition) is 3. The summed E-state index contributed by atoms with van der Waals surface area (Å²) < 4.78 is 1.70. The molecule has 0 atom stereocenters. The molecule has 1 aromatic carbocycles. The third-order valence-electron chi connectivity index (χ3n) is 4.71. The summed E-state index contributed by atoms with van der Waals surface area (Å²) in [4.78, 5) is 32.3. The fourth-order valence-electron chi connectivity index (χ4n) is 3.13. The van der Waals surface area contributed by atoms with Crippen molar-refractivity contribution < 1.29 is 9.59 Å². The zero-order valence-electron chi connectivity index (χ0n) is 17.4. The minimum atomic E-state index is -0.263. The van der Waals surface area contributed by atoms with Crippen molar-refractivity contribution in [3.05, 3.63) is 71.8 Å². The van der Waals surface area contributed by atoms with Crippen LogP contribution in [-0.2, 0) is 6.54 Å². The summed E-state index contributed by atoms with van der Waals surface area (Å²) >= 11 is 0. The first-order valence-electron chi connectivity index (χ1n) is 9.98. The zero-order chi connectivity index (χ0) is 21.0. The van der Waals surface area contributed by atoms with Crippen molar-refractivity contribution in [3.8, 4) is 0 Å². The number of nitrogens with one attached hydrogen (secondary N) is 1. The molecule has 0 fully saturated rings. The maximum absolute atomic E-state index is 13.4. The molecule has 0 radical (unpaired) electrons. The standard InChI is InChI=1S/C23H28N4O2/c1-16(2)14-24-22(28)20-19-12-8-9-13-26(19)21(25-20)23(29)27(17(3)4)15-18-10-6-5-7-11-18/h5-13,16-17H,14-15H2,1-4H3,(H,24,28). The van der Waals surface area contributed by atoms with Crippen LogP contribution in [0.2, 0.25) is 0 Å². The first-order chi connectivity index (χ1) is 13.9. The van der Waals surface area contributed by atoms with Crippen molar-refractivity contribution >= 4 is 17.3 Å². The number of rotatable bonds is 7. The van der Waals surface area contributed by atoms with E-state index in [0.29, 0.717) is 24.5 Å². The lowest BCUT2D eigenvalue weighted by molar-refractivity contribution is 0.0677. The van der Waals surface area contributed by atoms with Gasteiger partial charge in [0.15, 0.2) is 5.69 Å². The highest BCUT2D eigenvalue weighted by Crippen LogP contribution is 2.18. The molecule has 152 valence electrons. The molecule has 0 unspecified atom stereocenters. The molecule has 3 rings (SSSR count). The average molecular weight is 393 g/mol. The van der Waals surface area contributed by atoms with Crippen LogP contribution in [-0.4, -0.2) is 38.7 Å². The van der Waals surface area contributed by atoms with E-state index in [1.54, 1.807) is 15.5 Å². The number of hydrogen-bond donors (Lipinski definition) is 1. The van der Waals surface area contributed by atoms with Gasteiger partial charge < -0.3 is 10.2 Å². The van der Waals surface area contributed by atoms with E-state index < -0.39 is 0 Å². The number of imidazole rings is 1. The Balaban J connectivity index is 1.97. The van der Waals surface area contributed by atoms with Crippen LogP contribution in [0.25, 0.3) is 5.52 Å². The Morgan fingerprint density at radius 2 is 1.72 bits per heavy atom. The van der Waals surface area contributed by atoms with Gasteiger partial charge in [-0.2, -0.15) is 0 Å². The summed E-state index contributed by atoms with van der Waals surface area (Å²) in [5.74, 6) is 0.115. The van der Waals surface area contributed by atoms with Gasteiger partial charge in [-0.1, -0.05) is 50.2 Å². The molecule has 6 nitrogen and oxygen atoms in total. The summed E-state index contributed by atoms with van der Waals surface area (Å²) in [6.45, 7) is 9.06. The summed E-state index contributed by atoms with van der Waals surface area (Å²) in [6.07, 6.45) is 1.77. The van der Waals surface area contributed by atoms with E-state index in [2.05, 4.69) is 10.3 Å². The number of nitrogens with zero attached hydrogens (tertiary/aromatic N) is 3. The largest absolute Gasteiger partial charge is 0.350 e. The highest BCUT2D eigenvalue weighted by molar-refractivity contribution is 6.02. The van der Waals surface area contributed by atoms with Gasteiger partial charge in [0.25, 0.3) is 11.8 Å². The summed E-state index contributed by atoms with van der Waals surface area (Å²) in [5, 5.41) is 2.89. The molecule has 2 amide bonds. The van der Waals surface area contributed by atoms with Crippen LogP contribution >= 0.6 is 0 Å². The van der Waals surface area contributed by atoms with Crippen LogP contribution in [0.5, 0.6) is 0 Å². The molecule has 2 heterocycles. The molecule has 0 bridgehead atoms. The van der Waals surface area contributed by atoms with Gasteiger partial charge in [-0.05, 0) is 37.5 Å². The van der Waals surface area contributed by atoms with E-state index in [-0.39, 0.29) is 29.4 Å². The normalized spacial score (nSPS) is 11.2. The number of amides is 2. The van der Waals surface area contributed by atoms with E-state index >= 15 is 0 Å². The number of carbonyl (C=O) groups excluding carboxylic acids is 2. The van der Waals surface area contributed by atoms with Crippen LogP contribution in [0.3, 0.4) is 0 Å². The third-order valence-corrected chi connectivity index (χ3v) is 4.71. The van der Waals surface area contributed by atoms with E-state index in [1.165, 1.54) is 0 Å². The second-order valence-electron chi connectivity index (χ2n) is 7.86. The number of pyridine rings is 1. The van der Waals surface area contributed by atoms with Crippen LogP contribution in [0.15, 0.2) is 54.7 Å². The summed E-state index contributed by atoms with van der Waals surface area (Å²) in [7, 11) is 0. The van der Waals surface area contributed by atoms with E-state index in [9.17, 15) is 9.59 Å². The van der Waals surface area contributed by atoms with Gasteiger partial charge in [-0.25, -0.2) is 4.98 Å². The summed E-state index contributed by atoms with van der Waals surface area (Å²) in [6, 6.07) is 15.3. The van der Waals surface area contributed by atoms with E-state index in [0.717, 1.165) is 5.56 Å². The molecular formula is C23H28N4O2. The maximum atomic E-state index is 13.4. The Morgan fingerprint density at radius 1 is 1.03 bits per heavy atom. The van der Waals surface area contributed by atoms with Gasteiger partial charge >= 0.3 is 0 Å². The van der Waals surface area contributed by atoms with Crippen molar-refractivity contribution in [1.29, 1.82) is 0 Å². The van der Waals surface area contributed by atoms with Crippen molar-refractivity contribution in [2.24, 2.45) is 5.92 Å². The minimum Gasteiger partial charge on any atom is -0.350 e. The maximum Gasteiger partial charge on any atom is 0.290 e. The number of benzene rings is 1. The Labute approximate surface area is 171 Å². The van der Waals surface area contributed by atoms with Crippen LogP contribution in [0, 0.1) is 5.92 Å². The first-order valence-corrected chi connectivity index (χ1v) is 9.98. The third kappa shape index (κ3) is 4.65. The highest BCUT2D eigenvalue weighted by Gasteiger charge is 2.26. The Hall–Kier alpha value is -3.15. The first kappa shape index (κ1) is 20.6. The highest BCUT2D eigenvalue weighted by atomic mass is 16.2. The molecule has 0 spiro atoms. The monoisotopic (exact) mass is 392 g/mol. The zero-order valence-corrected chi connectivity index (χ0v) is 17.4. The van der Waals surface area contributed by atoms with E-state index in [1.807, 2.05) is 76.2 Å². The van der Waals surface area contributed by atoms with Crippen LogP contribution < -0.4 is 5.32 Å². The molecule has 0 saturated heterocycles. The van der Waals surface area contributed by atoms with Crippen LogP contribution in [0.1, 0.15) is 54.4 Å². The quantitative estimate of drug-likeness (QED) is 0.666. The van der Waals surface area contributed by atoms with Crippen LogP contribution in [0.4, 0.5) is 0 Å². The summed E-state index contributed by atoms with van der Waals surface area (Å²) in [5.41, 5.74) is 1.95. The molecule has 1 N–H and O–H groups in total. The van der Waals surface area contributed by atoms with E-state index in [4.69, 9.17) is 0 Å². The molecule has 0 saturated carbocycles. The fourth-order valence-corrected chi connectivity index (χ4v) is 3.13. The Morgan fingerprint density at radius 3 is 2.38 bits per heavy atom. The molecule has 6 heteroatoms. The number of carbonyl (C=O) groups is 2. The van der Waals surface area contributed by atoms with Gasteiger partial charge in [0.1, 0.15) is 0 Å². The molecule has 29 heavy (non-hydrogen) atoms. The van der Waals surface area contributed by atoms with Gasteiger partial charge in [0, 0.05) is 25.3 Å². The van der Waals surface area contributed by atoms with Crippen molar-refractivity contribution in [2.45, 2.75) is 40.3 Å². The fraction of sp³-hybridized carbons (Fsp3) is 0.348. The number of aromatic nitrogens is 2. The minimum absolute atomic E-state index is 0.0167. The molecule has 2 aromatic heterocycles. The van der Waals surface area contributed by atoms with Crippen molar-refractivity contribution in [2.75, 3.05) is 6.54 Å². The number of fused-ring (bicyclic) bond motifs is 1. The molecule has 3 aromatic rings. The molecule has 0 aliphatic carbocycles. The predicted molar refractivity (Wildman–Crippen MR) is 114 cm³/mol. The lowest BCUT2D eigenvalue weighted by Crippen LogP contribution is -2.37. The topological polar surface area (TPSA) is 66.7 Å². The molecule has 0 aliphatic rings. The van der Waals surface area contributed by atoms with Gasteiger partial charge in [-0.3, -0.25) is 14.0 Å². The smallest absolute Gasteiger partial charge is 0.290 e. The lowest BCUT2D eigenvalue weighted by Gasteiger charge is -2.26. The Kier molecular flexibility index (Phi) is 6.32. The lowest BCUT2D eigenvalue weighted by atomic mass is 10.2. The molecular weight excluding hydrogens is 364 g/mol. The molecule has 0 aliphatic heterocycles. The van der Waals surface area contributed by atoms with Crippen molar-refractivity contribution in [3.63, 3.8) is 0 Å². The predicted octanol–water partition coefficient (Wildman–Crippen LogP) is 3.77. The van der Waals surface area contributed by atoms with Gasteiger partial charge in [0.05, 0.1) is 5.52 Å². The Bertz CT molecular complexity index is 993. The van der Waals surface area contributed by atoms with Gasteiger partial charge in [0.2, 0.25) is 5.82 Å². The average Bonchev–Trinajstić information content (AvgIpc) is 3.10. The SMILES string of the molecule is CC(C)CNC(=O)c1nc(C(=O)N(Cc2ccccc2)C(C)C)n2ccccc12.